The molecule has 0 bridgehead atoms. The van der Waals surface area contributed by atoms with Gasteiger partial charge in [-0.25, -0.2) is 9.07 Å². The van der Waals surface area contributed by atoms with Gasteiger partial charge in [-0.1, -0.05) is 39.0 Å². The lowest BCUT2D eigenvalue weighted by atomic mass is 10.1. The van der Waals surface area contributed by atoms with Gasteiger partial charge in [-0.15, -0.1) is 0 Å². The molecule has 0 aliphatic rings. The summed E-state index contributed by atoms with van der Waals surface area (Å²) in [6, 6.07) is 7.86. The fourth-order valence-electron chi connectivity index (χ4n) is 3.19. The van der Waals surface area contributed by atoms with E-state index < -0.39 is 0 Å². The highest BCUT2D eigenvalue weighted by atomic mass is 19.1. The van der Waals surface area contributed by atoms with E-state index in [1.165, 1.54) is 42.5 Å². The summed E-state index contributed by atoms with van der Waals surface area (Å²) in [4.78, 5) is 11.9. The quantitative estimate of drug-likeness (QED) is 0.521. The summed E-state index contributed by atoms with van der Waals surface area (Å²) in [5.41, 5.74) is 7.56. The number of carbonyl (C=O) groups excluding carboxylic acids is 1. The van der Waals surface area contributed by atoms with E-state index >= 15 is 0 Å². The second kappa shape index (κ2) is 11.8. The lowest BCUT2D eigenvalue weighted by Crippen LogP contribution is -2.24. The monoisotopic (exact) mass is 399 g/mol. The van der Waals surface area contributed by atoms with Gasteiger partial charge in [-0.3, -0.25) is 4.79 Å². The number of rotatable bonds is 12. The number of halogens is 1. The molecule has 0 saturated heterocycles. The van der Waals surface area contributed by atoms with Crippen molar-refractivity contribution in [2.24, 2.45) is 0 Å². The van der Waals surface area contributed by atoms with Gasteiger partial charge < -0.3 is 11.1 Å². The molecule has 0 aliphatic heterocycles. The summed E-state index contributed by atoms with van der Waals surface area (Å²) in [6.45, 7) is 2.72. The molecule has 0 spiro atoms. The first-order chi connectivity index (χ1) is 14.1. The van der Waals surface area contributed by atoms with Crippen molar-refractivity contribution in [1.29, 1.82) is 5.26 Å². The van der Waals surface area contributed by atoms with E-state index in [2.05, 4.69) is 23.4 Å². The van der Waals surface area contributed by atoms with Gasteiger partial charge in [-0.05, 0) is 43.5 Å². The van der Waals surface area contributed by atoms with Crippen molar-refractivity contribution in [1.82, 2.24) is 15.1 Å². The molecule has 2 aromatic rings. The minimum absolute atomic E-state index is 0.0670. The summed E-state index contributed by atoms with van der Waals surface area (Å²) in [5, 5.41) is 16.7. The second-order valence-corrected chi connectivity index (χ2v) is 7.18. The van der Waals surface area contributed by atoms with Crippen molar-refractivity contribution in [3.8, 4) is 11.8 Å². The predicted octanol–water partition coefficient (Wildman–Crippen LogP) is 4.26. The van der Waals surface area contributed by atoms with Gasteiger partial charge in [0.05, 0.1) is 11.4 Å². The first-order valence-corrected chi connectivity index (χ1v) is 10.4. The number of nitriles is 1. The Hall–Kier alpha value is -2.88. The second-order valence-electron chi connectivity index (χ2n) is 7.18. The molecule has 1 aromatic carbocycles. The van der Waals surface area contributed by atoms with Crippen LogP contribution in [0.5, 0.6) is 0 Å². The van der Waals surface area contributed by atoms with E-state index in [9.17, 15) is 14.4 Å². The normalized spacial score (nSPS) is 10.7. The van der Waals surface area contributed by atoms with Crippen molar-refractivity contribution in [3.63, 3.8) is 0 Å². The van der Waals surface area contributed by atoms with Gasteiger partial charge >= 0.3 is 0 Å². The van der Waals surface area contributed by atoms with E-state index in [1.54, 1.807) is 12.1 Å². The molecule has 0 fully saturated rings. The van der Waals surface area contributed by atoms with E-state index in [0.29, 0.717) is 42.8 Å². The van der Waals surface area contributed by atoms with Crippen LogP contribution in [0.3, 0.4) is 0 Å². The van der Waals surface area contributed by atoms with Crippen LogP contribution < -0.4 is 11.1 Å². The highest BCUT2D eigenvalue weighted by Crippen LogP contribution is 2.21. The molecule has 29 heavy (non-hydrogen) atoms. The molecule has 3 N–H and O–H groups in total. The van der Waals surface area contributed by atoms with Gasteiger partial charge in [0.25, 0.3) is 0 Å². The Kier molecular flexibility index (Phi) is 9.16. The smallest absolute Gasteiger partial charge is 0.219 e. The zero-order valence-electron chi connectivity index (χ0n) is 17.1. The molecule has 0 saturated carbocycles. The molecule has 0 atom stereocenters. The van der Waals surface area contributed by atoms with Crippen LogP contribution in [-0.2, 0) is 11.2 Å². The number of hydrogen-bond acceptors (Lipinski definition) is 4. The Morgan fingerprint density at radius 1 is 1.17 bits per heavy atom. The summed E-state index contributed by atoms with van der Waals surface area (Å²) < 4.78 is 14.6. The van der Waals surface area contributed by atoms with Gasteiger partial charge in [0, 0.05) is 13.0 Å². The van der Waals surface area contributed by atoms with Crippen molar-refractivity contribution >= 4 is 11.7 Å². The Bertz CT molecular complexity index is 823. The van der Waals surface area contributed by atoms with Crippen LogP contribution in [0.1, 0.15) is 69.5 Å². The highest BCUT2D eigenvalue weighted by Gasteiger charge is 2.16. The highest BCUT2D eigenvalue weighted by molar-refractivity contribution is 5.75. The first kappa shape index (κ1) is 22.4. The predicted molar refractivity (Wildman–Crippen MR) is 112 cm³/mol. The number of nitrogens with zero attached hydrogens (tertiary/aromatic N) is 3. The summed E-state index contributed by atoms with van der Waals surface area (Å²) >= 11 is 0. The van der Waals surface area contributed by atoms with Crippen molar-refractivity contribution in [2.45, 2.75) is 64.7 Å². The maximum absolute atomic E-state index is 13.1. The molecule has 6 nitrogen and oxygen atoms in total. The Morgan fingerprint density at radius 2 is 1.86 bits per heavy atom. The molecule has 0 unspecified atom stereocenters. The number of anilines is 1. The minimum Gasteiger partial charge on any atom is -0.382 e. The molecule has 7 heteroatoms. The van der Waals surface area contributed by atoms with Crippen molar-refractivity contribution in [2.75, 3.05) is 12.3 Å². The number of nitrogens with one attached hydrogen (secondary N) is 1. The number of amides is 1. The molecule has 2 rings (SSSR count). The Labute approximate surface area is 171 Å². The number of carbonyl (C=O) groups is 1. The number of unbranched alkanes of at least 4 members (excludes halogenated alkanes) is 5. The maximum Gasteiger partial charge on any atom is 0.219 e. The van der Waals surface area contributed by atoms with Crippen molar-refractivity contribution in [3.05, 3.63) is 41.3 Å². The third kappa shape index (κ3) is 6.90. The number of aromatic nitrogens is 2. The van der Waals surface area contributed by atoms with E-state index in [4.69, 9.17) is 5.73 Å². The maximum atomic E-state index is 13.1. The average Bonchev–Trinajstić information content (AvgIpc) is 3.04. The van der Waals surface area contributed by atoms with Crippen LogP contribution in [0.25, 0.3) is 5.69 Å². The zero-order valence-corrected chi connectivity index (χ0v) is 17.1. The Balaban J connectivity index is 1.79. The molecule has 1 heterocycles. The zero-order chi connectivity index (χ0) is 21.1. The summed E-state index contributed by atoms with van der Waals surface area (Å²) in [6.07, 6.45) is 8.69. The van der Waals surface area contributed by atoms with Crippen molar-refractivity contribution < 1.29 is 9.18 Å². The van der Waals surface area contributed by atoms with Crippen LogP contribution in [0.15, 0.2) is 24.3 Å². The summed E-state index contributed by atoms with van der Waals surface area (Å²) in [5.74, 6) is -0.0459. The van der Waals surface area contributed by atoms with Crippen LogP contribution in [0.2, 0.25) is 0 Å². The fourth-order valence-corrected chi connectivity index (χ4v) is 3.19. The average molecular weight is 400 g/mol. The van der Waals surface area contributed by atoms with E-state index in [0.717, 1.165) is 12.8 Å². The Morgan fingerprint density at radius 3 is 2.55 bits per heavy atom. The van der Waals surface area contributed by atoms with Crippen LogP contribution >= 0.6 is 0 Å². The van der Waals surface area contributed by atoms with Gasteiger partial charge in [0.1, 0.15) is 23.3 Å². The lowest BCUT2D eigenvalue weighted by Gasteiger charge is -2.05. The minimum atomic E-state index is -0.350. The van der Waals surface area contributed by atoms with Gasteiger partial charge in [0.2, 0.25) is 5.91 Å². The first-order valence-electron chi connectivity index (χ1n) is 10.4. The number of nitrogen functional groups attached to an aromatic ring is 1. The number of aryl methyl sites for hydroxylation is 1. The van der Waals surface area contributed by atoms with Crippen LogP contribution in [0.4, 0.5) is 10.2 Å². The fraction of sp³-hybridized carbons (Fsp3) is 0.500. The van der Waals surface area contributed by atoms with E-state index in [-0.39, 0.29) is 17.5 Å². The SMILES string of the molecule is CCCCCCCCC(=O)NCCCc1nn(-c2ccc(F)cc2)c(N)c1C#N. The third-order valence-corrected chi connectivity index (χ3v) is 4.85. The molecule has 156 valence electrons. The van der Waals surface area contributed by atoms with Crippen LogP contribution in [-0.4, -0.2) is 22.2 Å². The topological polar surface area (TPSA) is 96.7 Å². The molecular weight excluding hydrogens is 369 g/mol. The molecule has 0 radical (unpaired) electrons. The third-order valence-electron chi connectivity index (χ3n) is 4.85. The van der Waals surface area contributed by atoms with Gasteiger partial charge in [-0.2, -0.15) is 10.4 Å². The molecular formula is C22H30FN5O. The molecule has 1 amide bonds. The number of benzene rings is 1. The lowest BCUT2D eigenvalue weighted by molar-refractivity contribution is -0.121. The van der Waals surface area contributed by atoms with Crippen LogP contribution in [0, 0.1) is 17.1 Å². The number of nitrogens with two attached hydrogens (primary N) is 1. The summed E-state index contributed by atoms with van der Waals surface area (Å²) in [7, 11) is 0. The van der Waals surface area contributed by atoms with Gasteiger partial charge in [0.15, 0.2) is 0 Å². The number of hydrogen-bond donors (Lipinski definition) is 2. The molecule has 0 aliphatic carbocycles. The largest absolute Gasteiger partial charge is 0.382 e. The molecule has 1 aromatic heterocycles. The standard InChI is InChI=1S/C22H30FN5O/c1-2-3-4-5-6-7-10-21(29)26-15-8-9-20-19(16-24)22(25)28(27-20)18-13-11-17(23)12-14-18/h11-14H,2-10,15,25H2,1H3,(H,26,29). The van der Waals surface area contributed by atoms with E-state index in [1.807, 2.05) is 0 Å².